The van der Waals surface area contributed by atoms with Crippen molar-refractivity contribution < 1.29 is 38.2 Å². The van der Waals surface area contributed by atoms with Gasteiger partial charge in [0, 0.05) is 30.4 Å². The molecule has 0 radical (unpaired) electrons. The third kappa shape index (κ3) is 10.1. The first-order valence-electron chi connectivity index (χ1n) is 23.6. The molecule has 4 unspecified atom stereocenters. The highest BCUT2D eigenvalue weighted by molar-refractivity contribution is 6.00. The summed E-state index contributed by atoms with van der Waals surface area (Å²) in [4.78, 5) is 91.5. The summed E-state index contributed by atoms with van der Waals surface area (Å²) in [6.45, 7) is 14.9. The summed E-state index contributed by atoms with van der Waals surface area (Å²) in [5, 5.41) is 5.40. The topological polar surface area (TPSA) is 214 Å². The molecule has 0 aliphatic carbocycles. The van der Waals surface area contributed by atoms with Gasteiger partial charge < -0.3 is 44.6 Å². The Morgan fingerprint density at radius 2 is 1.17 bits per heavy atom. The number of hydrogen-bond acceptors (Lipinski definition) is 11. The van der Waals surface area contributed by atoms with Gasteiger partial charge in [-0.25, -0.2) is 24.4 Å². The van der Waals surface area contributed by atoms with Crippen molar-refractivity contribution in [3.05, 3.63) is 95.7 Å². The first-order valence-corrected chi connectivity index (χ1v) is 23.6. The van der Waals surface area contributed by atoms with Gasteiger partial charge in [-0.1, -0.05) is 72.7 Å². The standard InChI is InChI=1S/C52H61N9O8/c1-28(2)43(58-50(65)67-8)47(62)60-22-10-12-41(60)45-54-36-20-14-30(24-39(36)56-45)35-27-53-38(26-34(35)49(64)69-33-18-16-32(17-19-33)52(5,6)7)31-15-21-37-40(25-31)57-46(55-37)42-13-11-23-61(42)48(63)44(29(3)4)59-51(66)68-9/h14-21,24-29,41-44H,10-13,22-23H2,1-9H3,(H,54,56)(H,55,57)(H,58,65)(H,59,66). The Kier molecular flexibility index (Phi) is 13.8. The van der Waals surface area contributed by atoms with Crippen LogP contribution < -0.4 is 15.4 Å². The lowest BCUT2D eigenvalue weighted by Crippen LogP contribution is -2.51. The number of hydrogen-bond donors (Lipinski definition) is 4. The van der Waals surface area contributed by atoms with Crippen LogP contribution in [0.15, 0.2) is 72.9 Å². The SMILES string of the molecule is COC(=O)NC(C(=O)N1CCCC1c1nc2ccc(-c3cc(C(=O)Oc4ccc(C(C)(C)C)cc4)c(-c4ccc5nc(C6CCCN6C(=O)C(NC(=O)OC)C(C)C)[nH]c5c4)cn3)cc2[nH]1)C(C)C. The van der Waals surface area contributed by atoms with Gasteiger partial charge in [0.05, 0.1) is 59.6 Å². The average Bonchev–Trinajstić information content (AvgIpc) is 4.17. The van der Waals surface area contributed by atoms with E-state index in [1.165, 1.54) is 14.2 Å². The van der Waals surface area contributed by atoms with Gasteiger partial charge in [-0.15, -0.1) is 0 Å². The number of esters is 1. The molecule has 17 nitrogen and oxygen atoms in total. The number of imidazole rings is 2. The number of ether oxygens (including phenoxy) is 3. The van der Waals surface area contributed by atoms with Crippen molar-refractivity contribution in [1.29, 1.82) is 0 Å². The summed E-state index contributed by atoms with van der Waals surface area (Å²) >= 11 is 0. The number of nitrogens with one attached hydrogen (secondary N) is 4. The number of benzene rings is 3. The fraction of sp³-hybridized carbons (Fsp3) is 0.423. The molecule has 362 valence electrons. The molecule has 2 aliphatic rings. The van der Waals surface area contributed by atoms with Crippen LogP contribution in [0, 0.1) is 11.8 Å². The van der Waals surface area contributed by atoms with Gasteiger partial charge in [-0.3, -0.25) is 14.6 Å². The quantitative estimate of drug-likeness (QED) is 0.0672. The van der Waals surface area contributed by atoms with E-state index < -0.39 is 30.2 Å². The van der Waals surface area contributed by atoms with E-state index in [1.54, 1.807) is 34.2 Å². The zero-order chi connectivity index (χ0) is 49.3. The minimum atomic E-state index is -0.764. The van der Waals surface area contributed by atoms with Crippen molar-refractivity contribution in [3.63, 3.8) is 0 Å². The van der Waals surface area contributed by atoms with Crippen LogP contribution in [0.4, 0.5) is 9.59 Å². The molecule has 2 fully saturated rings. The second-order valence-corrected chi connectivity index (χ2v) is 19.6. The Bertz CT molecular complexity index is 2900. The normalized spacial score (nSPS) is 17.1. The molecule has 0 bridgehead atoms. The summed E-state index contributed by atoms with van der Waals surface area (Å²) < 4.78 is 15.7. The fourth-order valence-electron chi connectivity index (χ4n) is 9.28. The number of aromatic amines is 2. The van der Waals surface area contributed by atoms with Gasteiger partial charge >= 0.3 is 18.2 Å². The summed E-state index contributed by atoms with van der Waals surface area (Å²) in [6, 6.07) is 18.4. The van der Waals surface area contributed by atoms with Crippen LogP contribution in [0.2, 0.25) is 0 Å². The maximum absolute atomic E-state index is 14.4. The number of alkyl carbamates (subject to hydrolysis) is 2. The molecule has 69 heavy (non-hydrogen) atoms. The third-order valence-electron chi connectivity index (χ3n) is 13.1. The highest BCUT2D eigenvalue weighted by atomic mass is 16.5. The molecule has 0 saturated carbocycles. The van der Waals surface area contributed by atoms with Gasteiger partial charge in [0.25, 0.3) is 0 Å². The van der Waals surface area contributed by atoms with Crippen LogP contribution in [0.25, 0.3) is 44.5 Å². The van der Waals surface area contributed by atoms with Crippen LogP contribution in [-0.2, 0) is 24.5 Å². The van der Waals surface area contributed by atoms with Crippen molar-refractivity contribution in [1.82, 2.24) is 45.4 Å². The number of aromatic nitrogens is 5. The van der Waals surface area contributed by atoms with E-state index in [0.29, 0.717) is 76.7 Å². The zero-order valence-electron chi connectivity index (χ0n) is 40.6. The number of carbonyl (C=O) groups excluding carboxylic acids is 5. The molecule has 6 aromatic rings. The summed E-state index contributed by atoms with van der Waals surface area (Å²) in [5.41, 5.74) is 6.60. The van der Waals surface area contributed by atoms with E-state index in [2.05, 4.69) is 41.4 Å². The molecule has 17 heteroatoms. The van der Waals surface area contributed by atoms with Crippen LogP contribution in [-0.4, -0.2) is 104 Å². The van der Waals surface area contributed by atoms with E-state index in [0.717, 1.165) is 29.5 Å². The molecule has 0 spiro atoms. The monoisotopic (exact) mass is 939 g/mol. The Morgan fingerprint density at radius 3 is 1.65 bits per heavy atom. The van der Waals surface area contributed by atoms with E-state index >= 15 is 0 Å². The highest BCUT2D eigenvalue weighted by Gasteiger charge is 2.39. The zero-order valence-corrected chi connectivity index (χ0v) is 40.6. The average molecular weight is 940 g/mol. The van der Waals surface area contributed by atoms with Gasteiger partial charge in [0.1, 0.15) is 29.5 Å². The first kappa shape index (κ1) is 48.2. The number of pyridine rings is 1. The number of H-pyrrole nitrogens is 2. The number of carbonyl (C=O) groups is 5. The number of likely N-dealkylation sites (tertiary alicyclic amines) is 2. The van der Waals surface area contributed by atoms with Crippen LogP contribution >= 0.6 is 0 Å². The molecule has 2 saturated heterocycles. The second-order valence-electron chi connectivity index (χ2n) is 19.6. The summed E-state index contributed by atoms with van der Waals surface area (Å²) in [6.07, 6.45) is 3.29. The van der Waals surface area contributed by atoms with Crippen LogP contribution in [0.1, 0.15) is 114 Å². The number of methoxy groups -OCH3 is 2. The Labute approximate surface area is 401 Å². The number of nitrogens with zero attached hydrogens (tertiary/aromatic N) is 5. The molecular weight excluding hydrogens is 879 g/mol. The molecule has 4 amide bonds. The molecular formula is C52H61N9O8. The number of rotatable bonds is 12. The number of fused-ring (bicyclic) bond motifs is 2. The molecule has 3 aromatic heterocycles. The molecule has 5 heterocycles. The van der Waals surface area contributed by atoms with Gasteiger partial charge in [0.2, 0.25) is 11.8 Å². The maximum Gasteiger partial charge on any atom is 0.407 e. The largest absolute Gasteiger partial charge is 0.453 e. The van der Waals surface area contributed by atoms with Crippen molar-refractivity contribution in [2.75, 3.05) is 27.3 Å². The lowest BCUT2D eigenvalue weighted by atomic mass is 9.87. The predicted octanol–water partition coefficient (Wildman–Crippen LogP) is 8.77. The number of amides is 4. The van der Waals surface area contributed by atoms with E-state index in [-0.39, 0.29) is 46.7 Å². The van der Waals surface area contributed by atoms with Crippen molar-refractivity contribution >= 4 is 52.0 Å². The lowest BCUT2D eigenvalue weighted by molar-refractivity contribution is -0.136. The molecule has 8 rings (SSSR count). The fourth-order valence-corrected chi connectivity index (χ4v) is 9.28. The van der Waals surface area contributed by atoms with E-state index in [9.17, 15) is 24.0 Å². The smallest absolute Gasteiger partial charge is 0.407 e. The summed E-state index contributed by atoms with van der Waals surface area (Å²) in [5.74, 6) is 0.358. The molecule has 3 aromatic carbocycles. The van der Waals surface area contributed by atoms with E-state index in [1.807, 2.05) is 76.2 Å². The van der Waals surface area contributed by atoms with Crippen molar-refractivity contribution in [3.8, 4) is 28.1 Å². The van der Waals surface area contributed by atoms with Gasteiger partial charge in [0.15, 0.2) is 0 Å². The Hall–Kier alpha value is -7.30. The molecule has 2 aliphatic heterocycles. The summed E-state index contributed by atoms with van der Waals surface area (Å²) in [7, 11) is 2.54. The Balaban J connectivity index is 1.11. The Morgan fingerprint density at radius 1 is 0.681 bits per heavy atom. The predicted molar refractivity (Wildman–Crippen MR) is 260 cm³/mol. The van der Waals surface area contributed by atoms with Crippen LogP contribution in [0.5, 0.6) is 5.75 Å². The van der Waals surface area contributed by atoms with Crippen LogP contribution in [0.3, 0.4) is 0 Å². The van der Waals surface area contributed by atoms with Crippen molar-refractivity contribution in [2.45, 2.75) is 104 Å². The van der Waals surface area contributed by atoms with E-state index in [4.69, 9.17) is 29.2 Å². The third-order valence-corrected chi connectivity index (χ3v) is 13.1. The lowest BCUT2D eigenvalue weighted by Gasteiger charge is -2.29. The minimum Gasteiger partial charge on any atom is -0.453 e. The highest BCUT2D eigenvalue weighted by Crippen LogP contribution is 2.37. The van der Waals surface area contributed by atoms with Gasteiger partial charge in [-0.2, -0.15) is 0 Å². The molecule has 4 atom stereocenters. The maximum atomic E-state index is 14.4. The first-order chi connectivity index (χ1) is 32.9. The minimum absolute atomic E-state index is 0.0881. The van der Waals surface area contributed by atoms with Crippen molar-refractivity contribution in [2.24, 2.45) is 11.8 Å². The molecule has 4 N–H and O–H groups in total. The van der Waals surface area contributed by atoms with Gasteiger partial charge in [-0.05, 0) is 96.5 Å². The second kappa shape index (κ2) is 19.7.